The monoisotopic (exact) mass is 280 g/mol. The first-order valence-electron chi connectivity index (χ1n) is 8.91. The maximum atomic E-state index is 6.45. The molecule has 0 amide bonds. The van der Waals surface area contributed by atoms with Crippen molar-refractivity contribution in [3.05, 3.63) is 0 Å². The van der Waals surface area contributed by atoms with Gasteiger partial charge >= 0.3 is 0 Å². The van der Waals surface area contributed by atoms with Crippen molar-refractivity contribution in [3.63, 3.8) is 0 Å². The molecule has 2 rings (SSSR count). The first-order chi connectivity index (χ1) is 9.41. The number of rotatable bonds is 3. The van der Waals surface area contributed by atoms with Crippen LogP contribution in [0.25, 0.3) is 0 Å². The highest BCUT2D eigenvalue weighted by Crippen LogP contribution is 2.37. The lowest BCUT2D eigenvalue weighted by atomic mass is 9.74. The molecule has 2 nitrogen and oxygen atoms in total. The molecule has 0 spiro atoms. The van der Waals surface area contributed by atoms with Crippen molar-refractivity contribution >= 4 is 0 Å². The lowest BCUT2D eigenvalue weighted by Crippen LogP contribution is -2.54. The minimum atomic E-state index is 0.425. The van der Waals surface area contributed by atoms with Gasteiger partial charge in [-0.3, -0.25) is 4.90 Å². The molecule has 3 atom stereocenters. The van der Waals surface area contributed by atoms with Gasteiger partial charge in [0.15, 0.2) is 0 Å². The van der Waals surface area contributed by atoms with Crippen molar-refractivity contribution in [1.29, 1.82) is 0 Å². The minimum absolute atomic E-state index is 0.425. The lowest BCUT2D eigenvalue weighted by Gasteiger charge is -2.46. The predicted octanol–water partition coefficient (Wildman–Crippen LogP) is 4.04. The fraction of sp³-hybridized carbons (Fsp3) is 1.00. The Hall–Kier alpha value is -0.0800. The van der Waals surface area contributed by atoms with Crippen LogP contribution in [0, 0.1) is 17.3 Å². The molecule has 0 aromatic carbocycles. The van der Waals surface area contributed by atoms with E-state index in [-0.39, 0.29) is 0 Å². The summed E-state index contributed by atoms with van der Waals surface area (Å²) in [5, 5.41) is 0. The minimum Gasteiger partial charge on any atom is -0.326 e. The van der Waals surface area contributed by atoms with Crippen molar-refractivity contribution in [1.82, 2.24) is 4.90 Å². The highest BCUT2D eigenvalue weighted by molar-refractivity contribution is 4.92. The fourth-order valence-corrected chi connectivity index (χ4v) is 4.44. The Kier molecular flexibility index (Phi) is 5.53. The molecule has 1 saturated carbocycles. The first kappa shape index (κ1) is 16.3. The van der Waals surface area contributed by atoms with Gasteiger partial charge in [0, 0.05) is 12.1 Å². The van der Waals surface area contributed by atoms with Gasteiger partial charge < -0.3 is 5.73 Å². The molecule has 0 aromatic rings. The molecule has 1 aliphatic carbocycles. The number of piperidine rings is 1. The maximum Gasteiger partial charge on any atom is 0.0249 e. The van der Waals surface area contributed by atoms with Gasteiger partial charge in [0.25, 0.3) is 0 Å². The van der Waals surface area contributed by atoms with E-state index in [1.165, 1.54) is 58.0 Å². The zero-order chi connectivity index (χ0) is 14.8. The summed E-state index contributed by atoms with van der Waals surface area (Å²) in [7, 11) is 0. The average Bonchev–Trinajstić information content (AvgIpc) is 2.40. The molecular weight excluding hydrogens is 244 g/mol. The summed E-state index contributed by atoms with van der Waals surface area (Å²) in [6, 6.07) is 1.09. The number of hydrogen-bond donors (Lipinski definition) is 1. The third kappa shape index (κ3) is 3.98. The SMILES string of the molecule is CCCC1CCC(N)C(N2CCC(C(C)(C)C)CC2)C1. The van der Waals surface area contributed by atoms with Crippen LogP contribution < -0.4 is 5.73 Å². The Balaban J connectivity index is 1.88. The molecule has 0 bridgehead atoms. The Labute approximate surface area is 126 Å². The van der Waals surface area contributed by atoms with Crippen LogP contribution >= 0.6 is 0 Å². The Morgan fingerprint density at radius 1 is 1.05 bits per heavy atom. The molecule has 1 heterocycles. The molecule has 2 fully saturated rings. The fourth-order valence-electron chi connectivity index (χ4n) is 4.44. The number of nitrogens with two attached hydrogens (primary N) is 1. The van der Waals surface area contributed by atoms with Crippen LogP contribution in [0.15, 0.2) is 0 Å². The Morgan fingerprint density at radius 3 is 2.25 bits per heavy atom. The van der Waals surface area contributed by atoms with E-state index in [9.17, 15) is 0 Å². The van der Waals surface area contributed by atoms with Crippen molar-refractivity contribution in [2.24, 2.45) is 23.0 Å². The van der Waals surface area contributed by atoms with E-state index in [0.29, 0.717) is 17.5 Å². The molecule has 3 unspecified atom stereocenters. The molecule has 20 heavy (non-hydrogen) atoms. The van der Waals surface area contributed by atoms with Gasteiger partial charge in [-0.1, -0.05) is 40.5 Å². The van der Waals surface area contributed by atoms with Gasteiger partial charge in [-0.2, -0.15) is 0 Å². The maximum absolute atomic E-state index is 6.45. The van der Waals surface area contributed by atoms with E-state index >= 15 is 0 Å². The first-order valence-corrected chi connectivity index (χ1v) is 8.91. The third-order valence-electron chi connectivity index (χ3n) is 5.90. The largest absolute Gasteiger partial charge is 0.326 e. The molecule has 1 saturated heterocycles. The van der Waals surface area contributed by atoms with E-state index in [1.54, 1.807) is 0 Å². The van der Waals surface area contributed by atoms with E-state index < -0.39 is 0 Å². The van der Waals surface area contributed by atoms with Gasteiger partial charge in [-0.15, -0.1) is 0 Å². The summed E-state index contributed by atoms with van der Waals surface area (Å²) in [6.45, 7) is 12.1. The second-order valence-corrected chi connectivity index (χ2v) is 8.38. The normalized spacial score (nSPS) is 34.4. The molecule has 2 aliphatic rings. The van der Waals surface area contributed by atoms with Gasteiger partial charge in [-0.05, 0) is 62.4 Å². The molecule has 0 radical (unpaired) electrons. The smallest absolute Gasteiger partial charge is 0.0249 e. The van der Waals surface area contributed by atoms with Crippen LogP contribution in [0.5, 0.6) is 0 Å². The molecule has 2 heteroatoms. The van der Waals surface area contributed by atoms with Crippen LogP contribution in [0.4, 0.5) is 0 Å². The van der Waals surface area contributed by atoms with Gasteiger partial charge in [-0.25, -0.2) is 0 Å². The molecule has 2 N–H and O–H groups in total. The highest BCUT2D eigenvalue weighted by atomic mass is 15.2. The van der Waals surface area contributed by atoms with E-state index in [1.807, 2.05) is 0 Å². The van der Waals surface area contributed by atoms with E-state index in [4.69, 9.17) is 5.73 Å². The lowest BCUT2D eigenvalue weighted by molar-refractivity contribution is 0.0478. The summed E-state index contributed by atoms with van der Waals surface area (Å²) in [6.07, 6.45) is 9.43. The van der Waals surface area contributed by atoms with Crippen molar-refractivity contribution in [3.8, 4) is 0 Å². The van der Waals surface area contributed by atoms with Gasteiger partial charge in [0.1, 0.15) is 0 Å². The molecular formula is C18H36N2. The summed E-state index contributed by atoms with van der Waals surface area (Å²) in [4.78, 5) is 2.73. The Morgan fingerprint density at radius 2 is 1.70 bits per heavy atom. The highest BCUT2D eigenvalue weighted by Gasteiger charge is 2.36. The van der Waals surface area contributed by atoms with Gasteiger partial charge in [0.05, 0.1) is 0 Å². The summed E-state index contributed by atoms with van der Waals surface area (Å²) >= 11 is 0. The summed E-state index contributed by atoms with van der Waals surface area (Å²) < 4.78 is 0. The molecule has 0 aromatic heterocycles. The summed E-state index contributed by atoms with van der Waals surface area (Å²) in [5.41, 5.74) is 6.92. The third-order valence-corrected chi connectivity index (χ3v) is 5.90. The zero-order valence-electron chi connectivity index (χ0n) is 14.2. The second-order valence-electron chi connectivity index (χ2n) is 8.38. The van der Waals surface area contributed by atoms with Crippen molar-refractivity contribution < 1.29 is 0 Å². The number of nitrogens with zero attached hydrogens (tertiary/aromatic N) is 1. The number of likely N-dealkylation sites (tertiary alicyclic amines) is 1. The van der Waals surface area contributed by atoms with Crippen LogP contribution in [0.2, 0.25) is 0 Å². The Bertz CT molecular complexity index is 286. The van der Waals surface area contributed by atoms with E-state index in [2.05, 4.69) is 32.6 Å². The summed E-state index contributed by atoms with van der Waals surface area (Å²) in [5.74, 6) is 1.83. The molecule has 1 aliphatic heterocycles. The van der Waals surface area contributed by atoms with Crippen molar-refractivity contribution in [2.75, 3.05) is 13.1 Å². The zero-order valence-corrected chi connectivity index (χ0v) is 14.2. The standard InChI is InChI=1S/C18H36N2/c1-5-6-14-7-8-16(19)17(13-14)20-11-9-15(10-12-20)18(2,3)4/h14-17H,5-13,19H2,1-4H3. The van der Waals surface area contributed by atoms with Crippen LogP contribution in [-0.2, 0) is 0 Å². The van der Waals surface area contributed by atoms with Crippen molar-refractivity contribution in [2.45, 2.75) is 84.7 Å². The molecule has 118 valence electrons. The number of hydrogen-bond acceptors (Lipinski definition) is 2. The average molecular weight is 280 g/mol. The predicted molar refractivity (Wildman–Crippen MR) is 87.8 cm³/mol. The quantitative estimate of drug-likeness (QED) is 0.845. The van der Waals surface area contributed by atoms with Gasteiger partial charge in [0.2, 0.25) is 0 Å². The topological polar surface area (TPSA) is 29.3 Å². The van der Waals surface area contributed by atoms with E-state index in [0.717, 1.165) is 11.8 Å². The van der Waals surface area contributed by atoms with Crippen LogP contribution in [-0.4, -0.2) is 30.1 Å². The second kappa shape index (κ2) is 6.79. The van der Waals surface area contributed by atoms with Crippen LogP contribution in [0.1, 0.15) is 72.6 Å². The van der Waals surface area contributed by atoms with Crippen LogP contribution in [0.3, 0.4) is 0 Å².